The van der Waals surface area contributed by atoms with Gasteiger partial charge in [0.1, 0.15) is 0 Å². The first-order chi connectivity index (χ1) is 6.99. The Kier molecular flexibility index (Phi) is 4.63. The molecule has 0 aliphatic heterocycles. The molecule has 1 N–H and O–H groups in total. The van der Waals surface area contributed by atoms with Crippen molar-refractivity contribution in [1.29, 1.82) is 0 Å². The summed E-state index contributed by atoms with van der Waals surface area (Å²) in [5.74, 6) is 0.472. The minimum absolute atomic E-state index is 0.156. The van der Waals surface area contributed by atoms with Crippen LogP contribution in [0, 0.1) is 11.3 Å². The van der Waals surface area contributed by atoms with E-state index in [1.165, 1.54) is 32.1 Å². The van der Waals surface area contributed by atoms with E-state index in [-0.39, 0.29) is 11.5 Å². The van der Waals surface area contributed by atoms with Gasteiger partial charge in [-0.2, -0.15) is 0 Å². The van der Waals surface area contributed by atoms with Crippen LogP contribution in [0.2, 0.25) is 0 Å². The van der Waals surface area contributed by atoms with Crippen molar-refractivity contribution in [2.24, 2.45) is 11.3 Å². The van der Waals surface area contributed by atoms with Crippen LogP contribution in [-0.2, 0) is 0 Å². The molecule has 86 valence electrons. The zero-order valence-electron chi connectivity index (χ0n) is 10.3. The van der Waals surface area contributed by atoms with E-state index in [9.17, 15) is 5.11 Å². The second kappa shape index (κ2) is 5.53. The second-order valence-corrected chi connectivity index (χ2v) is 5.73. The SMILES string of the molecule is CC(C)(C)C=C=C[C@H](O)C1CCCCC1. The number of aliphatic hydroxyl groups is 1. The van der Waals surface area contributed by atoms with Gasteiger partial charge in [-0.1, -0.05) is 40.0 Å². The summed E-state index contributed by atoms with van der Waals surface area (Å²) in [7, 11) is 0. The summed E-state index contributed by atoms with van der Waals surface area (Å²) in [5.41, 5.74) is 3.28. The summed E-state index contributed by atoms with van der Waals surface area (Å²) in [4.78, 5) is 0. The van der Waals surface area contributed by atoms with Crippen molar-refractivity contribution in [2.75, 3.05) is 0 Å². The molecule has 1 heteroatoms. The summed E-state index contributed by atoms with van der Waals surface area (Å²) in [6, 6.07) is 0. The lowest BCUT2D eigenvalue weighted by molar-refractivity contribution is 0.125. The summed E-state index contributed by atoms with van der Waals surface area (Å²) >= 11 is 0. The molecule has 1 aliphatic carbocycles. The minimum atomic E-state index is -0.288. The summed E-state index contributed by atoms with van der Waals surface area (Å²) in [5, 5.41) is 9.93. The molecule has 0 radical (unpaired) electrons. The van der Waals surface area contributed by atoms with Crippen molar-refractivity contribution in [3.8, 4) is 0 Å². The van der Waals surface area contributed by atoms with E-state index in [1.54, 1.807) is 0 Å². The van der Waals surface area contributed by atoms with Crippen LogP contribution in [0.3, 0.4) is 0 Å². The van der Waals surface area contributed by atoms with E-state index in [1.807, 2.05) is 12.2 Å². The molecule has 0 aromatic carbocycles. The van der Waals surface area contributed by atoms with Gasteiger partial charge in [0.2, 0.25) is 0 Å². The van der Waals surface area contributed by atoms with Crippen LogP contribution in [0.15, 0.2) is 17.9 Å². The van der Waals surface area contributed by atoms with Crippen LogP contribution in [0.25, 0.3) is 0 Å². The predicted octanol–water partition coefficient (Wildman–Crippen LogP) is 3.69. The van der Waals surface area contributed by atoms with Gasteiger partial charge in [0.25, 0.3) is 0 Å². The van der Waals surface area contributed by atoms with Crippen LogP contribution in [0.4, 0.5) is 0 Å². The molecular weight excluding hydrogens is 184 g/mol. The first kappa shape index (κ1) is 12.5. The molecule has 1 nitrogen and oxygen atoms in total. The van der Waals surface area contributed by atoms with Crippen LogP contribution in [0.5, 0.6) is 0 Å². The maximum Gasteiger partial charge on any atom is 0.0822 e. The Bertz CT molecular complexity index is 235. The number of aliphatic hydroxyl groups excluding tert-OH is 1. The van der Waals surface area contributed by atoms with Crippen molar-refractivity contribution < 1.29 is 5.11 Å². The maximum absolute atomic E-state index is 9.93. The second-order valence-electron chi connectivity index (χ2n) is 5.73. The van der Waals surface area contributed by atoms with Gasteiger partial charge in [0, 0.05) is 0 Å². The lowest BCUT2D eigenvalue weighted by Gasteiger charge is -2.24. The van der Waals surface area contributed by atoms with Gasteiger partial charge in [-0.15, -0.1) is 5.73 Å². The molecule has 0 bridgehead atoms. The van der Waals surface area contributed by atoms with Crippen LogP contribution >= 0.6 is 0 Å². The summed E-state index contributed by atoms with van der Waals surface area (Å²) in [6.07, 6.45) is 9.82. The fraction of sp³-hybridized carbons (Fsp3) is 0.786. The zero-order valence-corrected chi connectivity index (χ0v) is 10.3. The van der Waals surface area contributed by atoms with Gasteiger partial charge in [0.15, 0.2) is 0 Å². The van der Waals surface area contributed by atoms with Crippen molar-refractivity contribution in [3.05, 3.63) is 17.9 Å². The Morgan fingerprint density at radius 3 is 2.33 bits per heavy atom. The van der Waals surface area contributed by atoms with Gasteiger partial charge in [0.05, 0.1) is 6.10 Å². The Morgan fingerprint density at radius 1 is 1.20 bits per heavy atom. The highest BCUT2D eigenvalue weighted by molar-refractivity contribution is 4.97. The minimum Gasteiger partial charge on any atom is -0.388 e. The molecule has 0 spiro atoms. The molecule has 0 heterocycles. The van der Waals surface area contributed by atoms with E-state index in [2.05, 4.69) is 26.5 Å². The molecule has 0 aromatic rings. The number of rotatable bonds is 2. The molecule has 1 atom stereocenters. The quantitative estimate of drug-likeness (QED) is 0.686. The van der Waals surface area contributed by atoms with Gasteiger partial charge in [-0.05, 0) is 36.3 Å². The molecule has 1 rings (SSSR count). The highest BCUT2D eigenvalue weighted by Crippen LogP contribution is 2.26. The summed E-state index contributed by atoms with van der Waals surface area (Å²) < 4.78 is 0. The molecule has 15 heavy (non-hydrogen) atoms. The number of hydrogen-bond donors (Lipinski definition) is 1. The van der Waals surface area contributed by atoms with Crippen molar-refractivity contribution in [1.82, 2.24) is 0 Å². The fourth-order valence-corrected chi connectivity index (χ4v) is 2.01. The lowest BCUT2D eigenvalue weighted by Crippen LogP contribution is -2.20. The van der Waals surface area contributed by atoms with Crippen molar-refractivity contribution in [3.63, 3.8) is 0 Å². The monoisotopic (exact) mass is 208 g/mol. The molecule has 0 aromatic heterocycles. The molecule has 1 aliphatic rings. The molecular formula is C14H24O. The Hall–Kier alpha value is -0.520. The third-order valence-electron chi connectivity index (χ3n) is 2.92. The third-order valence-corrected chi connectivity index (χ3v) is 2.92. The molecule has 0 unspecified atom stereocenters. The van der Waals surface area contributed by atoms with Crippen LogP contribution in [0.1, 0.15) is 52.9 Å². The van der Waals surface area contributed by atoms with Gasteiger partial charge in [-0.3, -0.25) is 0 Å². The molecule has 0 saturated heterocycles. The average Bonchev–Trinajstić information content (AvgIpc) is 2.17. The van der Waals surface area contributed by atoms with Crippen LogP contribution in [-0.4, -0.2) is 11.2 Å². The lowest BCUT2D eigenvalue weighted by atomic mass is 9.85. The van der Waals surface area contributed by atoms with E-state index < -0.39 is 0 Å². The van der Waals surface area contributed by atoms with Crippen molar-refractivity contribution in [2.45, 2.75) is 59.0 Å². The fourth-order valence-electron chi connectivity index (χ4n) is 2.01. The molecule has 0 amide bonds. The first-order valence-electron chi connectivity index (χ1n) is 6.11. The first-order valence-corrected chi connectivity index (χ1v) is 6.11. The Balaban J connectivity index is 2.46. The average molecular weight is 208 g/mol. The van der Waals surface area contributed by atoms with Crippen LogP contribution < -0.4 is 0 Å². The van der Waals surface area contributed by atoms with Crippen molar-refractivity contribution >= 4 is 0 Å². The largest absolute Gasteiger partial charge is 0.388 e. The molecule has 1 saturated carbocycles. The normalized spacial score (nSPS) is 20.5. The van der Waals surface area contributed by atoms with E-state index in [0.717, 1.165) is 0 Å². The Morgan fingerprint density at radius 2 is 1.80 bits per heavy atom. The molecule has 1 fully saturated rings. The summed E-state index contributed by atoms with van der Waals surface area (Å²) in [6.45, 7) is 6.42. The highest BCUT2D eigenvalue weighted by Gasteiger charge is 2.19. The Labute approximate surface area is 93.9 Å². The van der Waals surface area contributed by atoms with E-state index in [0.29, 0.717) is 5.92 Å². The van der Waals surface area contributed by atoms with Gasteiger partial charge < -0.3 is 5.11 Å². The van der Waals surface area contributed by atoms with Gasteiger partial charge in [-0.25, -0.2) is 0 Å². The third kappa shape index (κ3) is 5.20. The topological polar surface area (TPSA) is 20.2 Å². The van der Waals surface area contributed by atoms with Gasteiger partial charge >= 0.3 is 0 Å². The smallest absolute Gasteiger partial charge is 0.0822 e. The predicted molar refractivity (Wildman–Crippen MR) is 64.7 cm³/mol. The van der Waals surface area contributed by atoms with E-state index in [4.69, 9.17) is 0 Å². The highest BCUT2D eigenvalue weighted by atomic mass is 16.3. The van der Waals surface area contributed by atoms with E-state index >= 15 is 0 Å². The number of hydrogen-bond acceptors (Lipinski definition) is 1. The zero-order chi connectivity index (χ0) is 11.3. The maximum atomic E-state index is 9.93. The standard InChI is InChI=1S/C14H24O/c1-14(2,3)11-7-10-13(15)12-8-5-4-6-9-12/h10-13,15H,4-6,8-9H2,1-3H3/t7?,13-/m0/s1.